The fourth-order valence-electron chi connectivity index (χ4n) is 2.42. The Labute approximate surface area is 155 Å². The third-order valence-corrected chi connectivity index (χ3v) is 4.48. The summed E-state index contributed by atoms with van der Waals surface area (Å²) in [5.74, 6) is -2.69. The molecule has 2 aromatic heterocycles. The highest BCUT2D eigenvalue weighted by Crippen LogP contribution is 2.31. The van der Waals surface area contributed by atoms with Gasteiger partial charge in [0.15, 0.2) is 6.61 Å². The lowest BCUT2D eigenvalue weighted by Crippen LogP contribution is -2.29. The van der Waals surface area contributed by atoms with E-state index in [1.807, 2.05) is 17.5 Å². The molecule has 142 valence electrons. The quantitative estimate of drug-likeness (QED) is 0.649. The molecule has 27 heavy (non-hydrogen) atoms. The molecular formula is C17H14F3N3O3S. The van der Waals surface area contributed by atoms with Crippen molar-refractivity contribution in [3.05, 3.63) is 52.5 Å². The Balaban J connectivity index is 1.63. The van der Waals surface area contributed by atoms with Crippen molar-refractivity contribution in [3.8, 4) is 0 Å². The fraction of sp³-hybridized carbons (Fsp3) is 0.235. The number of thiophene rings is 1. The number of benzene rings is 1. The Morgan fingerprint density at radius 3 is 2.67 bits per heavy atom. The first-order valence-electron chi connectivity index (χ1n) is 7.82. The van der Waals surface area contributed by atoms with Crippen LogP contribution >= 0.6 is 11.3 Å². The van der Waals surface area contributed by atoms with Gasteiger partial charge in [0, 0.05) is 4.88 Å². The zero-order chi connectivity index (χ0) is 19.4. The maximum atomic E-state index is 13.2. The molecule has 0 bridgehead atoms. The topological polar surface area (TPSA) is 73.2 Å². The Hall–Kier alpha value is -2.88. The molecule has 0 unspecified atom stereocenters. The van der Waals surface area contributed by atoms with Gasteiger partial charge in [-0.1, -0.05) is 18.2 Å². The van der Waals surface area contributed by atoms with Gasteiger partial charge in [-0.15, -0.1) is 11.3 Å². The van der Waals surface area contributed by atoms with Crippen molar-refractivity contribution in [2.75, 3.05) is 6.61 Å². The van der Waals surface area contributed by atoms with Crippen molar-refractivity contribution in [1.82, 2.24) is 14.9 Å². The van der Waals surface area contributed by atoms with Crippen molar-refractivity contribution in [3.63, 3.8) is 0 Å². The number of fused-ring (bicyclic) bond motifs is 1. The van der Waals surface area contributed by atoms with Crippen LogP contribution in [0, 0.1) is 0 Å². The SMILES string of the molecule is O=C(COC(=O)Cn1c(C(F)(F)F)nc2ccccc21)NCc1cccs1. The summed E-state index contributed by atoms with van der Waals surface area (Å²) in [6, 6.07) is 9.61. The standard InChI is InChI=1S/C17H14F3N3O3S/c18-17(19,20)16-22-12-5-1-2-6-13(12)23(16)9-15(25)26-10-14(24)21-8-11-4-3-7-27-11/h1-7H,8-10H2,(H,21,24). The first kappa shape index (κ1) is 18.9. The van der Waals surface area contributed by atoms with Crippen LogP contribution in [0.15, 0.2) is 41.8 Å². The number of imidazole rings is 1. The molecule has 0 atom stereocenters. The first-order valence-corrected chi connectivity index (χ1v) is 8.70. The van der Waals surface area contributed by atoms with Crippen molar-refractivity contribution in [2.24, 2.45) is 0 Å². The molecule has 3 rings (SSSR count). The molecule has 0 aliphatic heterocycles. The summed E-state index contributed by atoms with van der Waals surface area (Å²) in [5.41, 5.74) is 0.273. The molecule has 2 heterocycles. The number of rotatable bonds is 6. The van der Waals surface area contributed by atoms with Gasteiger partial charge in [0.1, 0.15) is 6.54 Å². The van der Waals surface area contributed by atoms with E-state index < -0.39 is 37.0 Å². The lowest BCUT2D eigenvalue weighted by Gasteiger charge is -2.11. The lowest BCUT2D eigenvalue weighted by atomic mass is 10.3. The smallest absolute Gasteiger partial charge is 0.449 e. The van der Waals surface area contributed by atoms with Crippen molar-refractivity contribution < 1.29 is 27.5 Å². The van der Waals surface area contributed by atoms with Gasteiger partial charge in [-0.3, -0.25) is 9.59 Å². The third-order valence-electron chi connectivity index (χ3n) is 3.60. The summed E-state index contributed by atoms with van der Waals surface area (Å²) in [5, 5.41) is 4.42. The van der Waals surface area contributed by atoms with Gasteiger partial charge in [-0.2, -0.15) is 13.2 Å². The second kappa shape index (κ2) is 7.78. The zero-order valence-corrected chi connectivity index (χ0v) is 14.6. The summed E-state index contributed by atoms with van der Waals surface area (Å²) in [7, 11) is 0. The molecule has 1 amide bonds. The molecule has 0 spiro atoms. The van der Waals surface area contributed by atoms with Gasteiger partial charge in [0.25, 0.3) is 5.91 Å². The summed E-state index contributed by atoms with van der Waals surface area (Å²) < 4.78 is 45.1. The monoisotopic (exact) mass is 397 g/mol. The van der Waals surface area contributed by atoms with Gasteiger partial charge in [0.05, 0.1) is 17.6 Å². The molecule has 0 aliphatic rings. The average Bonchev–Trinajstić information content (AvgIpc) is 3.26. The van der Waals surface area contributed by atoms with Crippen LogP contribution in [0.4, 0.5) is 13.2 Å². The molecule has 1 aromatic carbocycles. The number of amides is 1. The number of carbonyl (C=O) groups is 2. The fourth-order valence-corrected chi connectivity index (χ4v) is 3.07. The minimum Gasteiger partial charge on any atom is -0.454 e. The minimum atomic E-state index is -4.72. The highest BCUT2D eigenvalue weighted by Gasteiger charge is 2.38. The van der Waals surface area contributed by atoms with Crippen LogP contribution in [-0.4, -0.2) is 28.0 Å². The van der Waals surface area contributed by atoms with Crippen LogP contribution in [0.25, 0.3) is 11.0 Å². The number of aromatic nitrogens is 2. The Morgan fingerprint density at radius 2 is 1.96 bits per heavy atom. The molecule has 1 N–H and O–H groups in total. The van der Waals surface area contributed by atoms with E-state index in [1.165, 1.54) is 23.5 Å². The number of esters is 1. The maximum Gasteiger partial charge on any atom is 0.449 e. The molecule has 10 heteroatoms. The number of ether oxygens (including phenoxy) is 1. The lowest BCUT2D eigenvalue weighted by molar-refractivity contribution is -0.153. The Bertz CT molecular complexity index is 951. The number of nitrogens with zero attached hydrogens (tertiary/aromatic N) is 2. The molecular weight excluding hydrogens is 383 g/mol. The number of hydrogen-bond donors (Lipinski definition) is 1. The van der Waals surface area contributed by atoms with E-state index >= 15 is 0 Å². The number of halogens is 3. The second-order valence-corrected chi connectivity index (χ2v) is 6.56. The van der Waals surface area contributed by atoms with E-state index in [1.54, 1.807) is 12.1 Å². The van der Waals surface area contributed by atoms with Crippen molar-refractivity contribution >= 4 is 34.2 Å². The average molecular weight is 397 g/mol. The highest BCUT2D eigenvalue weighted by molar-refractivity contribution is 7.09. The van der Waals surface area contributed by atoms with E-state index in [2.05, 4.69) is 10.3 Å². The van der Waals surface area contributed by atoms with Gasteiger partial charge >= 0.3 is 12.1 Å². The van der Waals surface area contributed by atoms with Crippen LogP contribution in [-0.2, 0) is 33.6 Å². The van der Waals surface area contributed by atoms with Crippen LogP contribution in [0.1, 0.15) is 10.7 Å². The van der Waals surface area contributed by atoms with Gasteiger partial charge in [-0.05, 0) is 23.6 Å². The minimum absolute atomic E-state index is 0.117. The number of nitrogens with one attached hydrogen (secondary N) is 1. The van der Waals surface area contributed by atoms with Gasteiger partial charge in [-0.25, -0.2) is 4.98 Å². The van der Waals surface area contributed by atoms with Crippen LogP contribution < -0.4 is 5.32 Å². The van der Waals surface area contributed by atoms with Crippen LogP contribution in [0.5, 0.6) is 0 Å². The summed E-state index contributed by atoms with van der Waals surface area (Å²) in [4.78, 5) is 28.1. The van der Waals surface area contributed by atoms with E-state index in [9.17, 15) is 22.8 Å². The number of hydrogen-bond acceptors (Lipinski definition) is 5. The summed E-state index contributed by atoms with van der Waals surface area (Å²) >= 11 is 1.46. The Kier molecular flexibility index (Phi) is 5.45. The maximum absolute atomic E-state index is 13.2. The number of alkyl halides is 3. The number of para-hydroxylation sites is 2. The summed E-state index contributed by atoms with van der Waals surface area (Å²) in [6.07, 6.45) is -4.72. The van der Waals surface area contributed by atoms with E-state index in [0.29, 0.717) is 6.54 Å². The number of carbonyl (C=O) groups excluding carboxylic acids is 2. The normalized spacial score (nSPS) is 11.5. The zero-order valence-electron chi connectivity index (χ0n) is 13.8. The molecule has 0 saturated heterocycles. The van der Waals surface area contributed by atoms with Gasteiger partial charge in [0.2, 0.25) is 5.82 Å². The Morgan fingerprint density at radius 1 is 1.19 bits per heavy atom. The molecule has 6 nitrogen and oxygen atoms in total. The van der Waals surface area contributed by atoms with Crippen LogP contribution in [0.2, 0.25) is 0 Å². The van der Waals surface area contributed by atoms with Gasteiger partial charge < -0.3 is 14.6 Å². The molecule has 0 fully saturated rings. The molecule has 0 aliphatic carbocycles. The summed E-state index contributed by atoms with van der Waals surface area (Å²) in [6.45, 7) is -0.982. The third kappa shape index (κ3) is 4.64. The largest absolute Gasteiger partial charge is 0.454 e. The predicted molar refractivity (Wildman–Crippen MR) is 91.9 cm³/mol. The van der Waals surface area contributed by atoms with E-state index in [0.717, 1.165) is 9.44 Å². The first-order chi connectivity index (χ1) is 12.8. The molecule has 3 aromatic rings. The van der Waals surface area contributed by atoms with Crippen molar-refractivity contribution in [2.45, 2.75) is 19.3 Å². The molecule has 0 radical (unpaired) electrons. The predicted octanol–water partition coefficient (Wildman–Crippen LogP) is 2.98. The molecule has 0 saturated carbocycles. The van der Waals surface area contributed by atoms with Crippen LogP contribution in [0.3, 0.4) is 0 Å². The van der Waals surface area contributed by atoms with E-state index in [-0.39, 0.29) is 11.0 Å². The second-order valence-electron chi connectivity index (χ2n) is 5.52. The van der Waals surface area contributed by atoms with Crippen molar-refractivity contribution in [1.29, 1.82) is 0 Å². The van der Waals surface area contributed by atoms with E-state index in [4.69, 9.17) is 4.74 Å². The highest BCUT2D eigenvalue weighted by atomic mass is 32.1.